The van der Waals surface area contributed by atoms with Gasteiger partial charge < -0.3 is 28.7 Å². The van der Waals surface area contributed by atoms with Crippen molar-refractivity contribution in [2.24, 2.45) is 0 Å². The molecule has 0 aromatic heterocycles. The molecule has 0 radical (unpaired) electrons. The van der Waals surface area contributed by atoms with Gasteiger partial charge in [-0.2, -0.15) is 29.3 Å². The van der Waals surface area contributed by atoms with Crippen molar-refractivity contribution in [3.05, 3.63) is 70.8 Å². The summed E-state index contributed by atoms with van der Waals surface area (Å²) in [5.74, 6) is 0.596. The summed E-state index contributed by atoms with van der Waals surface area (Å²) in [6.45, 7) is 0. The quantitative estimate of drug-likeness (QED) is 0.178. The molecule has 0 atom stereocenters. The smallest absolute Gasteiger partial charge is 0.806 e. The van der Waals surface area contributed by atoms with E-state index in [1.165, 1.54) is 36.0 Å². The van der Waals surface area contributed by atoms with Crippen LogP contribution in [0.4, 0.5) is 17.6 Å². The minimum Gasteiger partial charge on any atom is -0.806 e. The van der Waals surface area contributed by atoms with Crippen molar-refractivity contribution >= 4 is 27.0 Å². The van der Waals surface area contributed by atoms with Crippen molar-refractivity contribution in [2.45, 2.75) is 22.8 Å². The standard InChI is InChI=1S/C16H16F4O6P2S.4Na/c17-15(18,27(21,22)23)13-5-1-11(2-6-13)9-29-10-12-3-7-14(8-4-12)16(19,20)28(24,25)26;;;;/h1-8H,9-10H2,(H2,21,22,23)(H2,24,25,26);;;;/q;4*+1/p-4. The molecular weight excluding hydrogens is 550 g/mol. The Morgan fingerprint density at radius 2 is 0.848 bits per heavy atom. The minimum atomic E-state index is -6.14. The fraction of sp³-hybridized carbons (Fsp3) is 0.250. The minimum absolute atomic E-state index is 0. The Labute approximate surface area is 280 Å². The zero-order chi connectivity index (χ0) is 22.1. The van der Waals surface area contributed by atoms with E-state index >= 15 is 0 Å². The van der Waals surface area contributed by atoms with Crippen LogP contribution in [-0.2, 0) is 32.0 Å². The fourth-order valence-corrected chi connectivity index (χ4v) is 4.09. The van der Waals surface area contributed by atoms with E-state index in [1.54, 1.807) is 0 Å². The van der Waals surface area contributed by atoms with Crippen LogP contribution in [-0.4, -0.2) is 0 Å². The molecule has 0 aliphatic heterocycles. The maximum atomic E-state index is 13.5. The van der Waals surface area contributed by atoms with Gasteiger partial charge in [-0.05, 0) is 11.1 Å². The number of rotatable bonds is 8. The summed E-state index contributed by atoms with van der Waals surface area (Å²) < 4.78 is 75.1. The average Bonchev–Trinajstić information content (AvgIpc) is 2.61. The van der Waals surface area contributed by atoms with Crippen molar-refractivity contribution in [1.29, 1.82) is 0 Å². The molecule has 160 valence electrons. The Bertz CT molecular complexity index is 881. The molecule has 6 nitrogen and oxygen atoms in total. The van der Waals surface area contributed by atoms with Crippen LogP contribution in [0, 0.1) is 0 Å². The third-order valence-corrected chi connectivity index (χ3v) is 6.79. The number of benzene rings is 2. The summed E-state index contributed by atoms with van der Waals surface area (Å²) in [7, 11) is -12.3. The van der Waals surface area contributed by atoms with Crippen LogP contribution < -0.4 is 138 Å². The van der Waals surface area contributed by atoms with Gasteiger partial charge in [0.05, 0.1) is 0 Å². The molecule has 0 heterocycles. The van der Waals surface area contributed by atoms with Crippen LogP contribution >= 0.6 is 27.0 Å². The van der Waals surface area contributed by atoms with Gasteiger partial charge in [0.1, 0.15) is 0 Å². The average molecular weight is 562 g/mol. The van der Waals surface area contributed by atoms with Gasteiger partial charge in [-0.25, -0.2) is 0 Å². The van der Waals surface area contributed by atoms with E-state index < -0.39 is 37.6 Å². The van der Waals surface area contributed by atoms with E-state index in [2.05, 4.69) is 0 Å². The molecule has 0 unspecified atom stereocenters. The van der Waals surface area contributed by atoms with Crippen LogP contribution in [0.25, 0.3) is 0 Å². The van der Waals surface area contributed by atoms with Gasteiger partial charge in [-0.3, -0.25) is 0 Å². The Kier molecular flexibility index (Phi) is 19.6. The first-order chi connectivity index (χ1) is 13.2. The summed E-state index contributed by atoms with van der Waals surface area (Å²) in [5.41, 5.74) is -9.82. The molecule has 0 bridgehead atoms. The van der Waals surface area contributed by atoms with Crippen molar-refractivity contribution in [1.82, 2.24) is 0 Å². The Morgan fingerprint density at radius 3 is 1.06 bits per heavy atom. The molecule has 0 N–H and O–H groups in total. The summed E-state index contributed by atoms with van der Waals surface area (Å²) in [6, 6.07) is 8.26. The second-order valence-electron chi connectivity index (χ2n) is 5.96. The molecule has 0 saturated carbocycles. The largest absolute Gasteiger partial charge is 1.00 e. The van der Waals surface area contributed by atoms with Crippen LogP contribution in [0.5, 0.6) is 0 Å². The van der Waals surface area contributed by atoms with E-state index in [9.17, 15) is 46.3 Å². The number of hydrogen-bond acceptors (Lipinski definition) is 7. The van der Waals surface area contributed by atoms with E-state index in [-0.39, 0.29) is 118 Å². The summed E-state index contributed by atoms with van der Waals surface area (Å²) >= 11 is 1.27. The van der Waals surface area contributed by atoms with E-state index in [1.807, 2.05) is 0 Å². The Hall–Kier alpha value is 2.81. The Balaban J connectivity index is -0.00000225. The van der Waals surface area contributed by atoms with Crippen LogP contribution in [0.3, 0.4) is 0 Å². The molecule has 0 aliphatic rings. The molecule has 17 heteroatoms. The van der Waals surface area contributed by atoms with Gasteiger partial charge in [0.25, 0.3) is 11.3 Å². The molecule has 0 spiro atoms. The zero-order valence-corrected chi connectivity index (χ0v) is 28.9. The molecule has 2 aromatic carbocycles. The van der Waals surface area contributed by atoms with Gasteiger partial charge in [0, 0.05) is 37.8 Å². The van der Waals surface area contributed by atoms with Crippen molar-refractivity contribution in [3.8, 4) is 0 Å². The SMILES string of the molecule is O=P([O-])([O-])C(F)(F)c1ccc(CSCc2ccc(C(F)(F)P(=O)([O-])[O-])cc2)cc1.[Na+].[Na+].[Na+].[Na+]. The summed E-state index contributed by atoms with van der Waals surface area (Å²) in [4.78, 5) is 42.5. The van der Waals surface area contributed by atoms with Gasteiger partial charge in [-0.1, -0.05) is 48.5 Å². The van der Waals surface area contributed by atoms with Crippen molar-refractivity contribution in [3.63, 3.8) is 0 Å². The third kappa shape index (κ3) is 10.8. The predicted molar refractivity (Wildman–Crippen MR) is 90.9 cm³/mol. The second-order valence-corrected chi connectivity index (χ2v) is 10.1. The molecule has 0 aliphatic carbocycles. The maximum absolute atomic E-state index is 13.5. The molecule has 2 rings (SSSR count). The van der Waals surface area contributed by atoms with E-state index in [4.69, 9.17) is 0 Å². The van der Waals surface area contributed by atoms with Crippen molar-refractivity contribution in [2.75, 3.05) is 0 Å². The van der Waals surface area contributed by atoms with Gasteiger partial charge in [0.2, 0.25) is 0 Å². The first-order valence-corrected chi connectivity index (χ1v) is 12.0. The summed E-state index contributed by atoms with van der Waals surface area (Å²) in [6.07, 6.45) is 0. The number of alkyl halides is 4. The number of halogens is 4. The van der Waals surface area contributed by atoms with Crippen LogP contribution in [0.1, 0.15) is 22.3 Å². The first-order valence-electron chi connectivity index (χ1n) is 7.73. The maximum Gasteiger partial charge on any atom is 1.00 e. The van der Waals surface area contributed by atoms with Crippen LogP contribution in [0.2, 0.25) is 0 Å². The topological polar surface area (TPSA) is 126 Å². The van der Waals surface area contributed by atoms with Gasteiger partial charge in [0.15, 0.2) is 0 Å². The van der Waals surface area contributed by atoms with Gasteiger partial charge >= 0.3 is 118 Å². The predicted octanol–water partition coefficient (Wildman–Crippen LogP) is -9.94. The summed E-state index contributed by atoms with van der Waals surface area (Å²) in [5, 5.41) is 0. The monoisotopic (exact) mass is 562 g/mol. The molecule has 33 heavy (non-hydrogen) atoms. The molecule has 0 saturated heterocycles. The van der Waals surface area contributed by atoms with Crippen molar-refractivity contribution < 1.29 is 164 Å². The molecule has 0 fully saturated rings. The molecule has 0 amide bonds. The molecule has 2 aromatic rings. The first kappa shape index (κ1) is 40.3. The normalized spacial score (nSPS) is 11.9. The fourth-order valence-electron chi connectivity index (χ4n) is 2.21. The molecular formula is C16H12F4Na4O6P2S. The third-order valence-electron chi connectivity index (χ3n) is 3.83. The zero-order valence-electron chi connectivity index (χ0n) is 18.3. The second kappa shape index (κ2) is 16.0. The van der Waals surface area contributed by atoms with Crippen LogP contribution in [0.15, 0.2) is 48.5 Å². The van der Waals surface area contributed by atoms with Gasteiger partial charge in [-0.15, -0.1) is 0 Å². The number of hydrogen-bond donors (Lipinski definition) is 0. The van der Waals surface area contributed by atoms with E-state index in [0.717, 1.165) is 24.3 Å². The van der Waals surface area contributed by atoms with E-state index in [0.29, 0.717) is 22.6 Å². The Morgan fingerprint density at radius 1 is 0.606 bits per heavy atom. The number of thioether (sulfide) groups is 1.